The van der Waals surface area contributed by atoms with E-state index >= 15 is 0 Å². The molecule has 0 saturated heterocycles. The number of Topliss-reactive ketones (excluding diaryl/α,β-unsaturated/α-hetero) is 1. The fraction of sp³-hybridized carbons (Fsp3) is 0.333. The predicted octanol–water partition coefficient (Wildman–Crippen LogP) is 2.38. The standard InChI is InChI=1S/C12H13NO/c1-3-4-5-6-12(14)11-9-10(2)7-8-13-11/h1,7-9H,4-6H2,2H3. The van der Waals surface area contributed by atoms with E-state index in [0.29, 0.717) is 18.5 Å². The number of ketones is 1. The van der Waals surface area contributed by atoms with Gasteiger partial charge in [-0.15, -0.1) is 12.3 Å². The number of carbonyl (C=O) groups is 1. The zero-order valence-electron chi connectivity index (χ0n) is 8.29. The molecule has 0 unspecified atom stereocenters. The molecule has 0 aliphatic heterocycles. The van der Waals surface area contributed by atoms with E-state index in [-0.39, 0.29) is 5.78 Å². The molecule has 2 nitrogen and oxygen atoms in total. The molecule has 2 heteroatoms. The van der Waals surface area contributed by atoms with Crippen LogP contribution < -0.4 is 0 Å². The smallest absolute Gasteiger partial charge is 0.181 e. The SMILES string of the molecule is C#CCCCC(=O)c1cc(C)ccn1. The van der Waals surface area contributed by atoms with Gasteiger partial charge >= 0.3 is 0 Å². The highest BCUT2D eigenvalue weighted by atomic mass is 16.1. The second kappa shape index (κ2) is 5.18. The van der Waals surface area contributed by atoms with Crippen molar-refractivity contribution >= 4 is 5.78 Å². The maximum atomic E-state index is 11.5. The molecule has 0 aliphatic rings. The summed E-state index contributed by atoms with van der Waals surface area (Å²) in [7, 11) is 0. The minimum atomic E-state index is 0.0731. The highest BCUT2D eigenvalue weighted by Crippen LogP contribution is 2.05. The quantitative estimate of drug-likeness (QED) is 0.411. The van der Waals surface area contributed by atoms with Crippen molar-refractivity contribution in [3.05, 3.63) is 29.6 Å². The number of rotatable bonds is 4. The summed E-state index contributed by atoms with van der Waals surface area (Å²) >= 11 is 0. The number of unbranched alkanes of at least 4 members (excludes halogenated alkanes) is 1. The molecule has 72 valence electrons. The summed E-state index contributed by atoms with van der Waals surface area (Å²) in [6.45, 7) is 1.94. The summed E-state index contributed by atoms with van der Waals surface area (Å²) in [4.78, 5) is 15.6. The van der Waals surface area contributed by atoms with Crippen molar-refractivity contribution in [2.45, 2.75) is 26.2 Å². The number of hydrogen-bond acceptors (Lipinski definition) is 2. The third kappa shape index (κ3) is 3.02. The average molecular weight is 187 g/mol. The van der Waals surface area contributed by atoms with Crippen LogP contribution in [0.3, 0.4) is 0 Å². The Morgan fingerprint density at radius 1 is 1.64 bits per heavy atom. The molecule has 0 aromatic carbocycles. The Bertz CT molecular complexity index is 363. The van der Waals surface area contributed by atoms with E-state index in [1.54, 1.807) is 12.3 Å². The Hall–Kier alpha value is -1.62. The molecule has 0 spiro atoms. The van der Waals surface area contributed by atoms with Crippen LogP contribution in [-0.2, 0) is 0 Å². The third-order valence-corrected chi connectivity index (χ3v) is 1.93. The van der Waals surface area contributed by atoms with Crippen molar-refractivity contribution in [1.82, 2.24) is 4.98 Å². The van der Waals surface area contributed by atoms with E-state index in [1.807, 2.05) is 13.0 Å². The number of aryl methyl sites for hydroxylation is 1. The van der Waals surface area contributed by atoms with Crippen LogP contribution in [0.1, 0.15) is 35.3 Å². The van der Waals surface area contributed by atoms with E-state index in [9.17, 15) is 4.79 Å². The van der Waals surface area contributed by atoms with Gasteiger partial charge in [-0.3, -0.25) is 9.78 Å². The molecule has 0 radical (unpaired) electrons. The summed E-state index contributed by atoms with van der Waals surface area (Å²) in [6, 6.07) is 3.68. The molecular weight excluding hydrogens is 174 g/mol. The summed E-state index contributed by atoms with van der Waals surface area (Å²) in [5.74, 6) is 2.59. The van der Waals surface area contributed by atoms with E-state index < -0.39 is 0 Å². The molecule has 1 heterocycles. The molecule has 0 bridgehead atoms. The van der Waals surface area contributed by atoms with Crippen LogP contribution in [0, 0.1) is 19.3 Å². The van der Waals surface area contributed by atoms with Crippen molar-refractivity contribution in [1.29, 1.82) is 0 Å². The summed E-state index contributed by atoms with van der Waals surface area (Å²) in [5, 5.41) is 0. The van der Waals surface area contributed by atoms with E-state index in [2.05, 4.69) is 10.9 Å². The Morgan fingerprint density at radius 2 is 2.43 bits per heavy atom. The van der Waals surface area contributed by atoms with Crippen LogP contribution in [0.15, 0.2) is 18.3 Å². The summed E-state index contributed by atoms with van der Waals surface area (Å²) < 4.78 is 0. The Morgan fingerprint density at radius 3 is 3.07 bits per heavy atom. The van der Waals surface area contributed by atoms with E-state index in [1.165, 1.54) is 0 Å². The van der Waals surface area contributed by atoms with Crippen LogP contribution >= 0.6 is 0 Å². The van der Waals surface area contributed by atoms with Crippen molar-refractivity contribution < 1.29 is 4.79 Å². The fourth-order valence-corrected chi connectivity index (χ4v) is 1.17. The molecule has 0 fully saturated rings. The van der Waals surface area contributed by atoms with Gasteiger partial charge in [-0.05, 0) is 31.0 Å². The molecule has 0 amide bonds. The van der Waals surface area contributed by atoms with Crippen LogP contribution in [-0.4, -0.2) is 10.8 Å². The first-order chi connectivity index (χ1) is 6.74. The van der Waals surface area contributed by atoms with Crippen LogP contribution in [0.5, 0.6) is 0 Å². The molecule has 14 heavy (non-hydrogen) atoms. The Balaban J connectivity index is 2.57. The maximum Gasteiger partial charge on any atom is 0.181 e. The average Bonchev–Trinajstić information content (AvgIpc) is 2.18. The number of hydrogen-bond donors (Lipinski definition) is 0. The van der Waals surface area contributed by atoms with Gasteiger partial charge in [0, 0.05) is 19.0 Å². The summed E-state index contributed by atoms with van der Waals surface area (Å²) in [5.41, 5.74) is 1.60. The largest absolute Gasteiger partial charge is 0.292 e. The Kier molecular flexibility index (Phi) is 3.87. The third-order valence-electron chi connectivity index (χ3n) is 1.93. The van der Waals surface area contributed by atoms with Crippen molar-refractivity contribution in [3.8, 4) is 12.3 Å². The van der Waals surface area contributed by atoms with Gasteiger partial charge in [0.15, 0.2) is 5.78 Å². The Labute approximate surface area is 84.4 Å². The lowest BCUT2D eigenvalue weighted by Gasteiger charge is -1.99. The molecule has 0 saturated carbocycles. The molecule has 1 aromatic heterocycles. The molecule has 1 aromatic rings. The fourth-order valence-electron chi connectivity index (χ4n) is 1.17. The number of aromatic nitrogens is 1. The minimum absolute atomic E-state index is 0.0731. The zero-order valence-corrected chi connectivity index (χ0v) is 8.29. The van der Waals surface area contributed by atoms with Crippen LogP contribution in [0.2, 0.25) is 0 Å². The predicted molar refractivity (Wildman–Crippen MR) is 56.0 cm³/mol. The summed E-state index contributed by atoms with van der Waals surface area (Å²) in [6.07, 6.45) is 8.64. The van der Waals surface area contributed by atoms with Gasteiger partial charge in [-0.25, -0.2) is 0 Å². The lowest BCUT2D eigenvalue weighted by molar-refractivity contribution is 0.0975. The second-order valence-corrected chi connectivity index (χ2v) is 3.20. The highest BCUT2D eigenvalue weighted by Gasteiger charge is 2.05. The van der Waals surface area contributed by atoms with E-state index in [0.717, 1.165) is 12.0 Å². The van der Waals surface area contributed by atoms with Crippen LogP contribution in [0.25, 0.3) is 0 Å². The molecule has 0 atom stereocenters. The van der Waals surface area contributed by atoms with Gasteiger partial charge in [-0.2, -0.15) is 0 Å². The molecule has 0 N–H and O–H groups in total. The topological polar surface area (TPSA) is 30.0 Å². The first-order valence-corrected chi connectivity index (χ1v) is 4.63. The van der Waals surface area contributed by atoms with E-state index in [4.69, 9.17) is 6.42 Å². The van der Waals surface area contributed by atoms with Gasteiger partial charge < -0.3 is 0 Å². The number of pyridine rings is 1. The van der Waals surface area contributed by atoms with Gasteiger partial charge in [0.2, 0.25) is 0 Å². The van der Waals surface area contributed by atoms with Gasteiger partial charge in [0.05, 0.1) is 0 Å². The minimum Gasteiger partial charge on any atom is -0.292 e. The van der Waals surface area contributed by atoms with Crippen LogP contribution in [0.4, 0.5) is 0 Å². The lowest BCUT2D eigenvalue weighted by Crippen LogP contribution is -2.01. The van der Waals surface area contributed by atoms with Crippen molar-refractivity contribution in [2.75, 3.05) is 0 Å². The highest BCUT2D eigenvalue weighted by molar-refractivity contribution is 5.94. The number of carbonyl (C=O) groups excluding carboxylic acids is 1. The number of nitrogens with zero attached hydrogens (tertiary/aromatic N) is 1. The zero-order chi connectivity index (χ0) is 10.4. The van der Waals surface area contributed by atoms with Gasteiger partial charge in [0.1, 0.15) is 5.69 Å². The second-order valence-electron chi connectivity index (χ2n) is 3.20. The van der Waals surface area contributed by atoms with Crippen molar-refractivity contribution in [2.24, 2.45) is 0 Å². The van der Waals surface area contributed by atoms with Gasteiger partial charge in [0.25, 0.3) is 0 Å². The monoisotopic (exact) mass is 187 g/mol. The first-order valence-electron chi connectivity index (χ1n) is 4.63. The molecular formula is C12H13NO. The first kappa shape index (κ1) is 10.5. The normalized spacial score (nSPS) is 9.43. The number of terminal acetylenes is 1. The van der Waals surface area contributed by atoms with Crippen molar-refractivity contribution in [3.63, 3.8) is 0 Å². The lowest BCUT2D eigenvalue weighted by atomic mass is 10.1. The molecule has 1 rings (SSSR count). The maximum absolute atomic E-state index is 11.5. The van der Waals surface area contributed by atoms with Gasteiger partial charge in [-0.1, -0.05) is 0 Å². The molecule has 0 aliphatic carbocycles.